The Labute approximate surface area is 147 Å². The number of pyridine rings is 1. The number of hydrogen-bond donors (Lipinski definition) is 0. The standard InChI is InChI=1S/C20H22N2O3/c23-19(22-11-3-4-16(14-22)20-24-12-13-25-20)8-7-15-9-10-21-18-6-2-1-5-17(15)18/h1-2,5-10,16,20H,3-4,11-14H2/b8-7-/t16-/m1/s1. The van der Waals surface area contributed by atoms with Crippen LogP contribution < -0.4 is 0 Å². The van der Waals surface area contributed by atoms with E-state index in [4.69, 9.17) is 9.47 Å². The van der Waals surface area contributed by atoms with Crippen LogP contribution in [0.5, 0.6) is 0 Å². The molecule has 4 rings (SSSR count). The van der Waals surface area contributed by atoms with Crippen LogP contribution in [0.1, 0.15) is 18.4 Å². The fourth-order valence-electron chi connectivity index (χ4n) is 3.61. The molecule has 5 nitrogen and oxygen atoms in total. The van der Waals surface area contributed by atoms with Crippen LogP contribution in [0.3, 0.4) is 0 Å². The van der Waals surface area contributed by atoms with E-state index in [2.05, 4.69) is 4.98 Å². The van der Waals surface area contributed by atoms with Crippen molar-refractivity contribution < 1.29 is 14.3 Å². The number of likely N-dealkylation sites (tertiary alicyclic amines) is 1. The van der Waals surface area contributed by atoms with Crippen molar-refractivity contribution in [3.05, 3.63) is 48.2 Å². The molecule has 2 fully saturated rings. The number of para-hydroxylation sites is 1. The van der Waals surface area contributed by atoms with Gasteiger partial charge in [-0.2, -0.15) is 0 Å². The lowest BCUT2D eigenvalue weighted by Gasteiger charge is -2.34. The van der Waals surface area contributed by atoms with Crippen molar-refractivity contribution in [1.29, 1.82) is 0 Å². The van der Waals surface area contributed by atoms with Crippen molar-refractivity contribution in [1.82, 2.24) is 9.88 Å². The maximum atomic E-state index is 12.6. The molecule has 1 aromatic heterocycles. The van der Waals surface area contributed by atoms with Gasteiger partial charge in [0.15, 0.2) is 6.29 Å². The number of nitrogens with zero attached hydrogens (tertiary/aromatic N) is 2. The third-order valence-electron chi connectivity index (χ3n) is 4.89. The summed E-state index contributed by atoms with van der Waals surface area (Å²) in [5, 5.41) is 1.05. The Bertz CT molecular complexity index is 778. The molecule has 130 valence electrons. The first kappa shape index (κ1) is 16.2. The molecule has 1 aromatic carbocycles. The summed E-state index contributed by atoms with van der Waals surface area (Å²) in [6.45, 7) is 2.81. The van der Waals surface area contributed by atoms with Crippen molar-refractivity contribution in [2.75, 3.05) is 26.3 Å². The predicted octanol–water partition coefficient (Wildman–Crippen LogP) is 2.86. The third kappa shape index (κ3) is 3.57. The van der Waals surface area contributed by atoms with Crippen LogP contribution >= 0.6 is 0 Å². The average Bonchev–Trinajstić information content (AvgIpc) is 3.21. The molecule has 1 atom stereocenters. The fourth-order valence-corrected chi connectivity index (χ4v) is 3.61. The summed E-state index contributed by atoms with van der Waals surface area (Å²) in [4.78, 5) is 18.9. The zero-order valence-electron chi connectivity index (χ0n) is 14.1. The van der Waals surface area contributed by atoms with E-state index in [0.29, 0.717) is 19.8 Å². The largest absolute Gasteiger partial charge is 0.350 e. The third-order valence-corrected chi connectivity index (χ3v) is 4.89. The van der Waals surface area contributed by atoms with Crippen LogP contribution in [0.15, 0.2) is 42.6 Å². The topological polar surface area (TPSA) is 51.7 Å². The van der Waals surface area contributed by atoms with Crippen LogP contribution in [0.4, 0.5) is 0 Å². The summed E-state index contributed by atoms with van der Waals surface area (Å²) in [6, 6.07) is 9.89. The van der Waals surface area contributed by atoms with E-state index in [1.165, 1.54) is 0 Å². The first-order chi connectivity index (χ1) is 12.3. The van der Waals surface area contributed by atoms with Gasteiger partial charge in [0.05, 0.1) is 18.7 Å². The molecule has 0 radical (unpaired) electrons. The van der Waals surface area contributed by atoms with E-state index in [1.807, 2.05) is 41.3 Å². The molecular formula is C20H22N2O3. The van der Waals surface area contributed by atoms with Gasteiger partial charge in [-0.25, -0.2) is 0 Å². The number of piperidine rings is 1. The molecule has 2 aliphatic heterocycles. The number of carbonyl (C=O) groups excluding carboxylic acids is 1. The zero-order valence-corrected chi connectivity index (χ0v) is 14.1. The molecular weight excluding hydrogens is 316 g/mol. The van der Waals surface area contributed by atoms with Crippen molar-refractivity contribution in [2.24, 2.45) is 5.92 Å². The summed E-state index contributed by atoms with van der Waals surface area (Å²) >= 11 is 0. The Morgan fingerprint density at radius 2 is 2.04 bits per heavy atom. The molecule has 5 heteroatoms. The average molecular weight is 338 g/mol. The van der Waals surface area contributed by atoms with Crippen LogP contribution in [-0.2, 0) is 14.3 Å². The van der Waals surface area contributed by atoms with E-state index in [1.54, 1.807) is 12.3 Å². The Morgan fingerprint density at radius 3 is 2.92 bits per heavy atom. The molecule has 2 aromatic rings. The molecule has 0 spiro atoms. The number of rotatable bonds is 3. The van der Waals surface area contributed by atoms with Gasteiger partial charge in [0.25, 0.3) is 0 Å². The summed E-state index contributed by atoms with van der Waals surface area (Å²) in [5.74, 6) is 0.318. The number of fused-ring (bicyclic) bond motifs is 1. The Balaban J connectivity index is 1.46. The number of benzene rings is 1. The molecule has 2 aliphatic rings. The molecule has 25 heavy (non-hydrogen) atoms. The highest BCUT2D eigenvalue weighted by Gasteiger charge is 2.32. The van der Waals surface area contributed by atoms with Gasteiger partial charge in [0.1, 0.15) is 0 Å². The zero-order chi connectivity index (χ0) is 17.1. The maximum absolute atomic E-state index is 12.6. The highest BCUT2D eigenvalue weighted by molar-refractivity contribution is 5.95. The van der Waals surface area contributed by atoms with E-state index in [9.17, 15) is 4.79 Å². The Morgan fingerprint density at radius 1 is 1.20 bits per heavy atom. The van der Waals surface area contributed by atoms with Gasteiger partial charge in [-0.1, -0.05) is 18.2 Å². The van der Waals surface area contributed by atoms with Crippen LogP contribution in [0.2, 0.25) is 0 Å². The molecule has 1 amide bonds. The molecule has 3 heterocycles. The minimum Gasteiger partial charge on any atom is -0.350 e. The molecule has 2 saturated heterocycles. The minimum atomic E-state index is -0.149. The lowest BCUT2D eigenvalue weighted by atomic mass is 9.97. The lowest BCUT2D eigenvalue weighted by Crippen LogP contribution is -2.43. The second-order valence-electron chi connectivity index (χ2n) is 6.55. The predicted molar refractivity (Wildman–Crippen MR) is 95.8 cm³/mol. The normalized spacial score (nSPS) is 22.1. The summed E-state index contributed by atoms with van der Waals surface area (Å²) < 4.78 is 11.2. The molecule has 0 aliphatic carbocycles. The fraction of sp³-hybridized carbons (Fsp3) is 0.400. The second kappa shape index (κ2) is 7.33. The van der Waals surface area contributed by atoms with Crippen LogP contribution in [0.25, 0.3) is 17.0 Å². The van der Waals surface area contributed by atoms with Crippen LogP contribution in [-0.4, -0.2) is 48.4 Å². The monoisotopic (exact) mass is 338 g/mol. The summed E-state index contributed by atoms with van der Waals surface area (Å²) in [6.07, 6.45) is 7.22. The van der Waals surface area contributed by atoms with Gasteiger partial charge >= 0.3 is 0 Å². The maximum Gasteiger partial charge on any atom is 0.246 e. The van der Waals surface area contributed by atoms with Crippen molar-refractivity contribution in [3.63, 3.8) is 0 Å². The van der Waals surface area contributed by atoms with Gasteiger partial charge in [-0.3, -0.25) is 9.78 Å². The van der Waals surface area contributed by atoms with Gasteiger partial charge in [-0.05, 0) is 36.6 Å². The van der Waals surface area contributed by atoms with Crippen LogP contribution in [0, 0.1) is 5.92 Å². The molecule has 0 bridgehead atoms. The van der Waals surface area contributed by atoms with Crippen molar-refractivity contribution >= 4 is 22.9 Å². The SMILES string of the molecule is O=C(/C=C\c1ccnc2ccccc12)N1CCC[C@@H](C2OCCO2)C1. The highest BCUT2D eigenvalue weighted by Crippen LogP contribution is 2.25. The van der Waals surface area contributed by atoms with Gasteiger partial charge in [0, 0.05) is 36.7 Å². The highest BCUT2D eigenvalue weighted by atomic mass is 16.7. The minimum absolute atomic E-state index is 0.0450. The molecule has 0 unspecified atom stereocenters. The number of carbonyl (C=O) groups is 1. The van der Waals surface area contributed by atoms with Crippen molar-refractivity contribution in [2.45, 2.75) is 19.1 Å². The second-order valence-corrected chi connectivity index (χ2v) is 6.55. The summed E-state index contributed by atoms with van der Waals surface area (Å²) in [5.41, 5.74) is 1.95. The van der Waals surface area contributed by atoms with Gasteiger partial charge in [0.2, 0.25) is 5.91 Å². The number of amides is 1. The Kier molecular flexibility index (Phi) is 4.76. The molecule has 0 saturated carbocycles. The molecule has 0 N–H and O–H groups in total. The van der Waals surface area contributed by atoms with E-state index in [0.717, 1.165) is 35.9 Å². The first-order valence-electron chi connectivity index (χ1n) is 8.85. The summed E-state index contributed by atoms with van der Waals surface area (Å²) in [7, 11) is 0. The quantitative estimate of drug-likeness (QED) is 0.808. The number of ether oxygens (including phenoxy) is 2. The lowest BCUT2D eigenvalue weighted by molar-refractivity contribution is -0.134. The van der Waals surface area contributed by atoms with E-state index >= 15 is 0 Å². The smallest absolute Gasteiger partial charge is 0.246 e. The number of hydrogen-bond acceptors (Lipinski definition) is 4. The van der Waals surface area contributed by atoms with E-state index < -0.39 is 0 Å². The first-order valence-corrected chi connectivity index (χ1v) is 8.85. The van der Waals surface area contributed by atoms with E-state index in [-0.39, 0.29) is 18.1 Å². The Hall–Kier alpha value is -2.24. The van der Waals surface area contributed by atoms with Gasteiger partial charge < -0.3 is 14.4 Å². The van der Waals surface area contributed by atoms with Gasteiger partial charge in [-0.15, -0.1) is 0 Å². The number of aromatic nitrogens is 1. The van der Waals surface area contributed by atoms with Crippen molar-refractivity contribution in [3.8, 4) is 0 Å².